The molecule has 0 aliphatic carbocycles. The first-order chi connectivity index (χ1) is 14.5. The molecule has 0 saturated heterocycles. The van der Waals surface area contributed by atoms with Gasteiger partial charge in [-0.05, 0) is 48.5 Å². The zero-order chi connectivity index (χ0) is 22.8. The molecule has 0 aliphatic heterocycles. The molecule has 2 N–H and O–H groups in total. The van der Waals surface area contributed by atoms with Gasteiger partial charge in [0.1, 0.15) is 5.82 Å². The predicted octanol–water partition coefficient (Wildman–Crippen LogP) is 5.55. The van der Waals surface area contributed by atoms with Gasteiger partial charge in [0.25, 0.3) is 15.9 Å². The number of carbonyl (C=O) groups excluding carboxylic acids is 1. The van der Waals surface area contributed by atoms with E-state index in [1.165, 1.54) is 36.4 Å². The largest absolute Gasteiger partial charge is 0.416 e. The molecular formula is C20H13ClF4N2O3S. The second kappa shape index (κ2) is 8.56. The summed E-state index contributed by atoms with van der Waals surface area (Å²) in [6, 6.07) is 12.3. The summed E-state index contributed by atoms with van der Waals surface area (Å²) in [5.74, 6) is -1.76. The third-order valence-corrected chi connectivity index (χ3v) is 5.73. The Morgan fingerprint density at radius 2 is 1.55 bits per heavy atom. The lowest BCUT2D eigenvalue weighted by atomic mass is 10.2. The fraction of sp³-hybridized carbons (Fsp3) is 0.0500. The van der Waals surface area contributed by atoms with Crippen LogP contribution in [-0.2, 0) is 16.2 Å². The molecule has 0 saturated carbocycles. The Hall–Kier alpha value is -3.11. The maximum absolute atomic E-state index is 13.9. The van der Waals surface area contributed by atoms with Crippen molar-refractivity contribution in [3.8, 4) is 0 Å². The highest BCUT2D eigenvalue weighted by Crippen LogP contribution is 2.31. The Kier molecular flexibility index (Phi) is 6.23. The van der Waals surface area contributed by atoms with E-state index < -0.39 is 39.1 Å². The van der Waals surface area contributed by atoms with E-state index in [4.69, 9.17) is 11.6 Å². The van der Waals surface area contributed by atoms with Gasteiger partial charge < -0.3 is 5.32 Å². The summed E-state index contributed by atoms with van der Waals surface area (Å²) in [4.78, 5) is 12.0. The molecule has 0 unspecified atom stereocenters. The van der Waals surface area contributed by atoms with Crippen LogP contribution in [0.5, 0.6) is 0 Å². The number of alkyl halides is 3. The van der Waals surface area contributed by atoms with Gasteiger partial charge in [-0.15, -0.1) is 0 Å². The monoisotopic (exact) mass is 472 g/mol. The number of sulfonamides is 1. The van der Waals surface area contributed by atoms with Crippen molar-refractivity contribution in [1.82, 2.24) is 0 Å². The zero-order valence-corrected chi connectivity index (χ0v) is 16.9. The molecule has 1 amide bonds. The Bertz CT molecular complexity index is 1230. The molecule has 0 bridgehead atoms. The van der Waals surface area contributed by atoms with Gasteiger partial charge in [-0.1, -0.05) is 29.8 Å². The number of rotatable bonds is 5. The quantitative estimate of drug-likeness (QED) is 0.478. The first-order valence-corrected chi connectivity index (χ1v) is 10.4. The molecule has 0 atom stereocenters. The highest BCUT2D eigenvalue weighted by molar-refractivity contribution is 7.92. The molecule has 3 rings (SSSR count). The topological polar surface area (TPSA) is 75.3 Å². The van der Waals surface area contributed by atoms with E-state index in [9.17, 15) is 30.8 Å². The molecule has 0 heterocycles. The number of hydrogen-bond acceptors (Lipinski definition) is 3. The first-order valence-electron chi connectivity index (χ1n) is 8.53. The van der Waals surface area contributed by atoms with Gasteiger partial charge in [0.2, 0.25) is 0 Å². The molecule has 31 heavy (non-hydrogen) atoms. The van der Waals surface area contributed by atoms with Crippen molar-refractivity contribution in [1.29, 1.82) is 0 Å². The number of halogens is 5. The van der Waals surface area contributed by atoms with Crippen molar-refractivity contribution in [2.24, 2.45) is 0 Å². The molecule has 162 valence electrons. The Balaban J connectivity index is 1.84. The molecule has 11 heteroatoms. The van der Waals surface area contributed by atoms with Gasteiger partial charge in [0.15, 0.2) is 0 Å². The van der Waals surface area contributed by atoms with Gasteiger partial charge in [-0.25, -0.2) is 12.8 Å². The van der Waals surface area contributed by atoms with E-state index in [0.29, 0.717) is 6.07 Å². The summed E-state index contributed by atoms with van der Waals surface area (Å²) in [5, 5.41) is 2.21. The average molecular weight is 473 g/mol. The van der Waals surface area contributed by atoms with Gasteiger partial charge in [-0.2, -0.15) is 13.2 Å². The third kappa shape index (κ3) is 5.33. The standard InChI is InChI=1S/C20H13ClF4N2O3S/c21-16-8-3-9-17(22)18(16)19(28)26-13-5-2-7-15(11-13)31(29,30)27-14-6-1-4-12(10-14)20(23,24)25/h1-11,27H,(H,26,28). The van der Waals surface area contributed by atoms with Crippen LogP contribution in [0, 0.1) is 5.82 Å². The fourth-order valence-electron chi connectivity index (χ4n) is 2.62. The van der Waals surface area contributed by atoms with Crippen LogP contribution < -0.4 is 10.0 Å². The lowest BCUT2D eigenvalue weighted by Gasteiger charge is -2.12. The van der Waals surface area contributed by atoms with Crippen molar-refractivity contribution in [3.05, 3.63) is 88.7 Å². The number of anilines is 2. The smallest absolute Gasteiger partial charge is 0.322 e. The van der Waals surface area contributed by atoms with E-state index in [0.717, 1.165) is 24.3 Å². The third-order valence-electron chi connectivity index (χ3n) is 4.03. The van der Waals surface area contributed by atoms with Crippen molar-refractivity contribution in [2.75, 3.05) is 10.0 Å². The molecule has 0 fully saturated rings. The van der Waals surface area contributed by atoms with Crippen LogP contribution >= 0.6 is 11.6 Å². The molecular weight excluding hydrogens is 460 g/mol. The van der Waals surface area contributed by atoms with Gasteiger partial charge in [0.05, 0.1) is 21.0 Å². The average Bonchev–Trinajstić information content (AvgIpc) is 2.67. The summed E-state index contributed by atoms with van der Waals surface area (Å²) >= 11 is 5.84. The van der Waals surface area contributed by atoms with Gasteiger partial charge in [-0.3, -0.25) is 9.52 Å². The Morgan fingerprint density at radius 1 is 0.903 bits per heavy atom. The van der Waals surface area contributed by atoms with Crippen LogP contribution in [0.2, 0.25) is 5.02 Å². The van der Waals surface area contributed by atoms with Crippen LogP contribution in [0.15, 0.2) is 71.6 Å². The summed E-state index contributed by atoms with van der Waals surface area (Å²) in [7, 11) is -4.28. The highest BCUT2D eigenvalue weighted by atomic mass is 35.5. The summed E-state index contributed by atoms with van der Waals surface area (Å²) in [5.41, 5.74) is -1.71. The van der Waals surface area contributed by atoms with E-state index >= 15 is 0 Å². The van der Waals surface area contributed by atoms with E-state index in [1.54, 1.807) is 0 Å². The zero-order valence-electron chi connectivity index (χ0n) is 15.4. The number of amides is 1. The maximum atomic E-state index is 13.9. The number of benzene rings is 3. The second-order valence-electron chi connectivity index (χ2n) is 6.26. The van der Waals surface area contributed by atoms with Crippen molar-refractivity contribution in [2.45, 2.75) is 11.1 Å². The molecule has 3 aromatic carbocycles. The van der Waals surface area contributed by atoms with Crippen LogP contribution in [-0.4, -0.2) is 14.3 Å². The maximum Gasteiger partial charge on any atom is 0.416 e. The summed E-state index contributed by atoms with van der Waals surface area (Å²) < 4.78 is 79.7. The molecule has 0 spiro atoms. The normalized spacial score (nSPS) is 11.8. The number of hydrogen-bond donors (Lipinski definition) is 2. The van der Waals surface area contributed by atoms with Crippen LogP contribution in [0.25, 0.3) is 0 Å². The van der Waals surface area contributed by atoms with Gasteiger partial charge in [0, 0.05) is 11.4 Å². The van der Waals surface area contributed by atoms with Crippen molar-refractivity contribution in [3.63, 3.8) is 0 Å². The minimum atomic E-state index is -4.64. The number of nitrogens with one attached hydrogen (secondary N) is 2. The minimum absolute atomic E-state index is 0.0104. The molecule has 0 aromatic heterocycles. The second-order valence-corrected chi connectivity index (χ2v) is 8.35. The van der Waals surface area contributed by atoms with Crippen LogP contribution in [0.3, 0.4) is 0 Å². The SMILES string of the molecule is O=C(Nc1cccc(S(=O)(=O)Nc2cccc(C(F)(F)F)c2)c1)c1c(F)cccc1Cl. The molecule has 0 aliphatic rings. The van der Waals surface area contributed by atoms with Crippen LogP contribution in [0.1, 0.15) is 15.9 Å². The Morgan fingerprint density at radius 3 is 2.23 bits per heavy atom. The molecule has 3 aromatic rings. The lowest BCUT2D eigenvalue weighted by Crippen LogP contribution is -2.16. The van der Waals surface area contributed by atoms with Gasteiger partial charge >= 0.3 is 6.18 Å². The highest BCUT2D eigenvalue weighted by Gasteiger charge is 2.30. The van der Waals surface area contributed by atoms with E-state index in [-0.39, 0.29) is 21.3 Å². The van der Waals surface area contributed by atoms with E-state index in [2.05, 4.69) is 10.0 Å². The first kappa shape index (κ1) is 22.6. The molecule has 5 nitrogen and oxygen atoms in total. The summed E-state index contributed by atoms with van der Waals surface area (Å²) in [6.07, 6.45) is -4.64. The fourth-order valence-corrected chi connectivity index (χ4v) is 3.97. The van der Waals surface area contributed by atoms with E-state index in [1.807, 2.05) is 0 Å². The number of carbonyl (C=O) groups is 1. The summed E-state index contributed by atoms with van der Waals surface area (Å²) in [6.45, 7) is 0. The van der Waals surface area contributed by atoms with Crippen molar-refractivity contribution < 1.29 is 30.8 Å². The minimum Gasteiger partial charge on any atom is -0.322 e. The van der Waals surface area contributed by atoms with Crippen LogP contribution in [0.4, 0.5) is 28.9 Å². The Labute approximate surface area is 179 Å². The molecule has 0 radical (unpaired) electrons. The van der Waals surface area contributed by atoms with Crippen molar-refractivity contribution >= 4 is 38.9 Å². The lowest BCUT2D eigenvalue weighted by molar-refractivity contribution is -0.137. The predicted molar refractivity (Wildman–Crippen MR) is 108 cm³/mol.